The lowest BCUT2D eigenvalue weighted by molar-refractivity contribution is 0.405. The van der Waals surface area contributed by atoms with Gasteiger partial charge in [-0.15, -0.1) is 0 Å². The Balaban J connectivity index is 2.86. The van der Waals surface area contributed by atoms with Crippen molar-refractivity contribution >= 4 is 10.0 Å². The van der Waals surface area contributed by atoms with Crippen LogP contribution in [0, 0.1) is 5.92 Å². The summed E-state index contributed by atoms with van der Waals surface area (Å²) >= 11 is 0. The fraction of sp³-hybridized carbons (Fsp3) is 0.667. The van der Waals surface area contributed by atoms with E-state index in [0.717, 1.165) is 0 Å². The van der Waals surface area contributed by atoms with Crippen molar-refractivity contribution in [2.75, 3.05) is 20.1 Å². The summed E-state index contributed by atoms with van der Waals surface area (Å²) in [7, 11) is -0.197. The van der Waals surface area contributed by atoms with Gasteiger partial charge in [-0.1, -0.05) is 6.92 Å². The summed E-state index contributed by atoms with van der Waals surface area (Å²) in [6, 6.07) is 0. The quantitative estimate of drug-likeness (QED) is 0.769. The van der Waals surface area contributed by atoms with E-state index in [0.29, 0.717) is 13.1 Å². The van der Waals surface area contributed by atoms with Gasteiger partial charge in [-0.2, -0.15) is 5.10 Å². The molecule has 0 saturated carbocycles. The molecule has 0 fully saturated rings. The smallest absolute Gasteiger partial charge is 0.245 e. The van der Waals surface area contributed by atoms with Crippen LogP contribution in [0.3, 0.4) is 0 Å². The van der Waals surface area contributed by atoms with Gasteiger partial charge in [0.2, 0.25) is 10.0 Å². The molecule has 1 aromatic heterocycles. The summed E-state index contributed by atoms with van der Waals surface area (Å²) in [5, 5.41) is 3.85. The number of rotatable bonds is 5. The van der Waals surface area contributed by atoms with Gasteiger partial charge in [0.05, 0.1) is 6.20 Å². The van der Waals surface area contributed by atoms with E-state index in [9.17, 15) is 8.42 Å². The van der Waals surface area contributed by atoms with Crippen LogP contribution in [0.1, 0.15) is 6.92 Å². The van der Waals surface area contributed by atoms with E-state index in [4.69, 9.17) is 5.73 Å². The molecule has 0 amide bonds. The molecule has 6 nitrogen and oxygen atoms in total. The highest BCUT2D eigenvalue weighted by Crippen LogP contribution is 2.13. The van der Waals surface area contributed by atoms with Crippen LogP contribution in [0.5, 0.6) is 0 Å². The maximum Gasteiger partial charge on any atom is 0.245 e. The number of sulfonamides is 1. The maximum absolute atomic E-state index is 12.0. The van der Waals surface area contributed by atoms with Crippen molar-refractivity contribution in [2.24, 2.45) is 18.7 Å². The second-order valence-electron chi connectivity index (χ2n) is 3.98. The van der Waals surface area contributed by atoms with Crippen molar-refractivity contribution < 1.29 is 8.42 Å². The van der Waals surface area contributed by atoms with Crippen molar-refractivity contribution in [3.63, 3.8) is 0 Å². The molecule has 1 rings (SSSR count). The lowest BCUT2D eigenvalue weighted by atomic mass is 10.2. The molecule has 2 N–H and O–H groups in total. The number of aryl methyl sites for hydroxylation is 1. The topological polar surface area (TPSA) is 81.2 Å². The molecule has 0 aromatic carbocycles. The zero-order valence-corrected chi connectivity index (χ0v) is 10.6. The Kier molecular flexibility index (Phi) is 4.06. The monoisotopic (exact) mass is 246 g/mol. The number of nitrogens with two attached hydrogens (primary N) is 1. The van der Waals surface area contributed by atoms with Crippen LogP contribution in [0.15, 0.2) is 17.3 Å². The van der Waals surface area contributed by atoms with Crippen molar-refractivity contribution in [2.45, 2.75) is 11.8 Å². The van der Waals surface area contributed by atoms with Crippen LogP contribution >= 0.6 is 0 Å². The Morgan fingerprint density at radius 3 is 2.69 bits per heavy atom. The SMILES string of the molecule is CC(CN)CN(C)S(=O)(=O)c1cnn(C)c1. The molecule has 0 aliphatic heterocycles. The van der Waals surface area contributed by atoms with Crippen molar-refractivity contribution in [3.05, 3.63) is 12.4 Å². The van der Waals surface area contributed by atoms with Gasteiger partial charge >= 0.3 is 0 Å². The minimum absolute atomic E-state index is 0.136. The highest BCUT2D eigenvalue weighted by molar-refractivity contribution is 7.89. The Morgan fingerprint density at radius 1 is 1.62 bits per heavy atom. The highest BCUT2D eigenvalue weighted by atomic mass is 32.2. The first-order chi connectivity index (χ1) is 7.37. The molecule has 0 aliphatic carbocycles. The van der Waals surface area contributed by atoms with Crippen molar-refractivity contribution in [1.82, 2.24) is 14.1 Å². The van der Waals surface area contributed by atoms with E-state index in [1.165, 1.54) is 21.4 Å². The molecule has 0 bridgehead atoms. The number of nitrogens with zero attached hydrogens (tertiary/aromatic N) is 3. The van der Waals surface area contributed by atoms with E-state index in [1.807, 2.05) is 6.92 Å². The number of hydrogen-bond acceptors (Lipinski definition) is 4. The third-order valence-corrected chi connectivity index (χ3v) is 4.14. The van der Waals surface area contributed by atoms with Crippen LogP contribution < -0.4 is 5.73 Å². The summed E-state index contributed by atoms with van der Waals surface area (Å²) in [5.74, 6) is 0.136. The predicted molar refractivity (Wildman–Crippen MR) is 61.2 cm³/mol. The fourth-order valence-electron chi connectivity index (χ4n) is 1.32. The summed E-state index contributed by atoms with van der Waals surface area (Å²) in [6.07, 6.45) is 2.83. The van der Waals surface area contributed by atoms with Gasteiger partial charge in [0, 0.05) is 26.8 Å². The maximum atomic E-state index is 12.0. The van der Waals surface area contributed by atoms with Crippen LogP contribution in [-0.2, 0) is 17.1 Å². The van der Waals surface area contributed by atoms with E-state index in [1.54, 1.807) is 14.1 Å². The lowest BCUT2D eigenvalue weighted by Crippen LogP contribution is -2.33. The first-order valence-electron chi connectivity index (χ1n) is 5.03. The predicted octanol–water partition coefficient (Wildman–Crippen LogP) is -0.365. The van der Waals surface area contributed by atoms with Gasteiger partial charge in [-0.25, -0.2) is 12.7 Å². The largest absolute Gasteiger partial charge is 0.330 e. The molecule has 0 radical (unpaired) electrons. The molecule has 16 heavy (non-hydrogen) atoms. The second-order valence-corrected chi connectivity index (χ2v) is 6.02. The summed E-state index contributed by atoms with van der Waals surface area (Å²) in [4.78, 5) is 0.210. The van der Waals surface area contributed by atoms with Gasteiger partial charge < -0.3 is 5.73 Å². The Morgan fingerprint density at radius 2 is 2.25 bits per heavy atom. The molecule has 7 heteroatoms. The van der Waals surface area contributed by atoms with Crippen molar-refractivity contribution in [3.8, 4) is 0 Å². The minimum atomic E-state index is -3.43. The molecular formula is C9H18N4O2S. The minimum Gasteiger partial charge on any atom is -0.330 e. The molecule has 1 unspecified atom stereocenters. The van der Waals surface area contributed by atoms with E-state index >= 15 is 0 Å². The summed E-state index contributed by atoms with van der Waals surface area (Å²) in [5.41, 5.74) is 5.47. The Hall–Kier alpha value is -0.920. The number of hydrogen-bond donors (Lipinski definition) is 1. The van der Waals surface area contributed by atoms with Crippen LogP contribution in [0.2, 0.25) is 0 Å². The zero-order chi connectivity index (χ0) is 12.3. The Labute approximate surface area is 96.1 Å². The van der Waals surface area contributed by atoms with Gasteiger partial charge in [-0.3, -0.25) is 4.68 Å². The summed E-state index contributed by atoms with van der Waals surface area (Å²) < 4.78 is 26.8. The standard InChI is InChI=1S/C9H18N4O2S/c1-8(4-10)6-13(3)16(14,15)9-5-11-12(2)7-9/h5,7-8H,4,6,10H2,1-3H3. The second kappa shape index (κ2) is 4.94. The van der Waals surface area contributed by atoms with Gasteiger partial charge in [0.15, 0.2) is 0 Å². The first kappa shape index (κ1) is 13.1. The zero-order valence-electron chi connectivity index (χ0n) is 9.79. The highest BCUT2D eigenvalue weighted by Gasteiger charge is 2.23. The molecule has 0 spiro atoms. The van der Waals surface area contributed by atoms with Crippen LogP contribution in [-0.4, -0.2) is 42.6 Å². The lowest BCUT2D eigenvalue weighted by Gasteiger charge is -2.19. The molecule has 92 valence electrons. The third kappa shape index (κ3) is 2.81. The first-order valence-corrected chi connectivity index (χ1v) is 6.47. The van der Waals surface area contributed by atoms with Crippen molar-refractivity contribution in [1.29, 1.82) is 0 Å². The van der Waals surface area contributed by atoms with Crippen LogP contribution in [0.4, 0.5) is 0 Å². The molecule has 0 saturated heterocycles. The van der Waals surface area contributed by atoms with E-state index < -0.39 is 10.0 Å². The van der Waals surface area contributed by atoms with Gasteiger partial charge in [0.25, 0.3) is 0 Å². The average Bonchev–Trinajstić information content (AvgIpc) is 2.65. The van der Waals surface area contributed by atoms with Crippen LogP contribution in [0.25, 0.3) is 0 Å². The summed E-state index contributed by atoms with van der Waals surface area (Å²) in [6.45, 7) is 2.79. The molecule has 1 aromatic rings. The Bertz CT molecular complexity index is 440. The molecule has 1 heterocycles. The van der Waals surface area contributed by atoms with E-state index in [2.05, 4.69) is 5.10 Å². The van der Waals surface area contributed by atoms with Gasteiger partial charge in [-0.05, 0) is 12.5 Å². The molecular weight excluding hydrogens is 228 g/mol. The van der Waals surface area contributed by atoms with E-state index in [-0.39, 0.29) is 10.8 Å². The number of aromatic nitrogens is 2. The average molecular weight is 246 g/mol. The third-order valence-electron chi connectivity index (χ3n) is 2.36. The molecule has 1 atom stereocenters. The fourth-order valence-corrected chi connectivity index (χ4v) is 2.60. The van der Waals surface area contributed by atoms with Gasteiger partial charge in [0.1, 0.15) is 4.90 Å². The molecule has 0 aliphatic rings. The normalized spacial score (nSPS) is 14.3.